The molecular weight excluding hydrogens is 470 g/mol. The lowest BCUT2D eigenvalue weighted by molar-refractivity contribution is -0.0370. The van der Waals surface area contributed by atoms with Crippen molar-refractivity contribution in [1.82, 2.24) is 0 Å². The Kier molecular flexibility index (Phi) is 8.53. The molecule has 0 spiro atoms. The minimum Gasteiger partial charge on any atom is -0.203 e. The zero-order chi connectivity index (χ0) is 23.5. The summed E-state index contributed by atoms with van der Waals surface area (Å²) in [5.41, 5.74) is -4.52. The van der Waals surface area contributed by atoms with E-state index in [4.69, 9.17) is 0 Å². The fourth-order valence-electron chi connectivity index (χ4n) is 1.92. The molecule has 14 heteroatoms. The highest BCUT2D eigenvalue weighted by Crippen LogP contribution is 2.37. The van der Waals surface area contributed by atoms with E-state index in [1.165, 1.54) is 0 Å². The second-order valence-corrected chi connectivity index (χ2v) is 6.73. The second kappa shape index (κ2) is 9.84. The first-order chi connectivity index (χ1) is 13.7. The van der Waals surface area contributed by atoms with Crippen LogP contribution < -0.4 is 0 Å². The first-order valence-electron chi connectivity index (χ1n) is 7.52. The Balaban J connectivity index is 0.000000479. The van der Waals surface area contributed by atoms with Gasteiger partial charge < -0.3 is 0 Å². The summed E-state index contributed by atoms with van der Waals surface area (Å²) >= 11 is 0. The number of halogens is 13. The van der Waals surface area contributed by atoms with Gasteiger partial charge in [-0.2, -0.15) is 13.2 Å². The van der Waals surface area contributed by atoms with Gasteiger partial charge in [0.25, 0.3) is 0 Å². The van der Waals surface area contributed by atoms with E-state index < -0.39 is 83.8 Å². The van der Waals surface area contributed by atoms with Gasteiger partial charge in [0.05, 0.1) is 11.1 Å². The van der Waals surface area contributed by atoms with Crippen LogP contribution in [0.1, 0.15) is 13.3 Å². The summed E-state index contributed by atoms with van der Waals surface area (Å²) in [6.45, 7) is 1.75. The van der Waals surface area contributed by atoms with Crippen molar-refractivity contribution in [1.29, 1.82) is 0 Å². The topological polar surface area (TPSA) is 0 Å². The molecule has 0 bridgehead atoms. The normalized spacial score (nSPS) is 11.8. The molecule has 0 saturated carbocycles. The van der Waals surface area contributed by atoms with Crippen LogP contribution in [0, 0.1) is 58.2 Å². The van der Waals surface area contributed by atoms with E-state index in [2.05, 4.69) is 0 Å². The molecule has 0 aliphatic rings. The van der Waals surface area contributed by atoms with Gasteiger partial charge >= 0.3 is 5.92 Å². The van der Waals surface area contributed by atoms with Crippen LogP contribution in [0.3, 0.4) is 0 Å². The molecule has 0 nitrogen and oxygen atoms in total. The first kappa shape index (κ1) is 26.0. The number of hydrogen-bond donors (Lipinski definition) is 0. The van der Waals surface area contributed by atoms with Gasteiger partial charge in [-0.1, -0.05) is 13.3 Å². The van der Waals surface area contributed by atoms with Crippen LogP contribution in [-0.4, -0.2) is 12.1 Å². The van der Waals surface area contributed by atoms with E-state index in [1.54, 1.807) is 6.92 Å². The highest BCUT2D eigenvalue weighted by atomic mass is 31.1. The van der Waals surface area contributed by atoms with Gasteiger partial charge in [-0.3, -0.25) is 0 Å². The largest absolute Gasteiger partial charge is 0.402 e. The molecular formula is C16H8F13P. The molecule has 168 valence electrons. The summed E-state index contributed by atoms with van der Waals surface area (Å²) in [5.74, 6) is -30.6. The molecule has 0 heterocycles. The summed E-state index contributed by atoms with van der Waals surface area (Å²) in [6.07, 6.45) is 0.904. The van der Waals surface area contributed by atoms with Gasteiger partial charge in [0.15, 0.2) is 46.5 Å². The smallest absolute Gasteiger partial charge is 0.203 e. The van der Waals surface area contributed by atoms with Crippen LogP contribution in [0.4, 0.5) is 57.1 Å². The maximum atomic E-state index is 13.4. The van der Waals surface area contributed by atoms with Gasteiger partial charge in [0.1, 0.15) is 0 Å². The summed E-state index contributed by atoms with van der Waals surface area (Å²) in [7, 11) is -0.858. The molecule has 2 rings (SSSR count). The molecule has 0 aromatic heterocycles. The Morgan fingerprint density at radius 1 is 0.500 bits per heavy atom. The highest BCUT2D eigenvalue weighted by Gasteiger charge is 2.34. The van der Waals surface area contributed by atoms with Crippen molar-refractivity contribution in [3.8, 4) is 11.1 Å². The predicted octanol–water partition coefficient (Wildman–Crippen LogP) is 7.34. The maximum absolute atomic E-state index is 13.4. The average Bonchev–Trinajstić information content (AvgIpc) is 2.68. The van der Waals surface area contributed by atoms with Crippen LogP contribution >= 0.6 is 8.58 Å². The highest BCUT2D eigenvalue weighted by molar-refractivity contribution is 7.39. The summed E-state index contributed by atoms with van der Waals surface area (Å²) < 4.78 is 165. The molecule has 2 aromatic carbocycles. The lowest BCUT2D eigenvalue weighted by Gasteiger charge is -2.11. The van der Waals surface area contributed by atoms with Crippen molar-refractivity contribution in [2.75, 3.05) is 6.16 Å². The Morgan fingerprint density at radius 3 is 0.900 bits per heavy atom. The number of benzene rings is 2. The van der Waals surface area contributed by atoms with Gasteiger partial charge in [-0.15, -0.1) is 0 Å². The Morgan fingerprint density at radius 2 is 0.733 bits per heavy atom. The minimum atomic E-state index is -3.92. The van der Waals surface area contributed by atoms with Crippen LogP contribution in [0.5, 0.6) is 0 Å². The molecule has 0 fully saturated rings. The van der Waals surface area contributed by atoms with E-state index in [9.17, 15) is 57.1 Å². The third kappa shape index (κ3) is 5.35. The Hall–Kier alpha value is -2.04. The lowest BCUT2D eigenvalue weighted by Crippen LogP contribution is -2.10. The van der Waals surface area contributed by atoms with Crippen molar-refractivity contribution in [2.45, 2.75) is 19.3 Å². The van der Waals surface area contributed by atoms with Gasteiger partial charge in [0.2, 0.25) is 11.6 Å². The second-order valence-electron chi connectivity index (χ2n) is 5.31. The van der Waals surface area contributed by atoms with Crippen LogP contribution in [-0.2, 0) is 0 Å². The molecule has 2 aromatic rings. The van der Waals surface area contributed by atoms with Crippen molar-refractivity contribution >= 4 is 8.58 Å². The van der Waals surface area contributed by atoms with E-state index >= 15 is 0 Å². The fourth-order valence-corrected chi connectivity index (χ4v) is 2.45. The lowest BCUT2D eigenvalue weighted by atomic mass is 10.0. The molecule has 0 N–H and O–H groups in total. The number of hydrogen-bond acceptors (Lipinski definition) is 0. The van der Waals surface area contributed by atoms with Crippen LogP contribution in [0.25, 0.3) is 11.1 Å². The summed E-state index contributed by atoms with van der Waals surface area (Å²) in [4.78, 5) is 0. The predicted molar refractivity (Wildman–Crippen MR) is 81.0 cm³/mol. The van der Waals surface area contributed by atoms with E-state index in [1.807, 2.05) is 0 Å². The van der Waals surface area contributed by atoms with Crippen molar-refractivity contribution in [2.24, 2.45) is 0 Å². The minimum absolute atomic E-state index is 0.281. The maximum Gasteiger partial charge on any atom is 0.402 e. The quantitative estimate of drug-likeness (QED) is 0.188. The van der Waals surface area contributed by atoms with E-state index in [-0.39, 0.29) is 6.16 Å². The molecule has 0 aliphatic carbocycles. The zero-order valence-electron chi connectivity index (χ0n) is 14.3. The monoisotopic (exact) mass is 478 g/mol. The first-order valence-corrected chi connectivity index (χ1v) is 8.72. The third-order valence-electron chi connectivity index (χ3n) is 3.25. The van der Waals surface area contributed by atoms with E-state index in [0.717, 1.165) is 0 Å². The summed E-state index contributed by atoms with van der Waals surface area (Å²) in [6, 6.07) is 0. The fraction of sp³-hybridized carbons (Fsp3) is 0.250. The number of rotatable bonds is 3. The third-order valence-corrected chi connectivity index (χ3v) is 4.40. The number of alkyl halides is 3. The van der Waals surface area contributed by atoms with Crippen molar-refractivity contribution in [3.05, 3.63) is 58.2 Å². The van der Waals surface area contributed by atoms with Crippen LogP contribution in [0.2, 0.25) is 0 Å². The molecule has 30 heavy (non-hydrogen) atoms. The molecule has 1 atom stereocenters. The van der Waals surface area contributed by atoms with Gasteiger partial charge in [-0.05, 0) is 14.7 Å². The Bertz CT molecular complexity index is 811. The molecule has 0 radical (unpaired) electrons. The molecule has 1 unspecified atom stereocenters. The van der Waals surface area contributed by atoms with Gasteiger partial charge in [0, 0.05) is 0 Å². The van der Waals surface area contributed by atoms with Crippen LogP contribution in [0.15, 0.2) is 0 Å². The zero-order valence-corrected chi connectivity index (χ0v) is 15.3. The SMILES string of the molecule is CCCPC(F)(F)F.Fc1c(F)c(F)c(-c2c(F)c(F)c(F)c(F)c2F)c(F)c1F. The molecule has 0 saturated heterocycles. The average molecular weight is 478 g/mol. The van der Waals surface area contributed by atoms with Crippen molar-refractivity contribution in [3.63, 3.8) is 0 Å². The van der Waals surface area contributed by atoms with E-state index in [0.29, 0.717) is 6.42 Å². The summed E-state index contributed by atoms with van der Waals surface area (Å²) in [5, 5.41) is 0. The molecule has 0 amide bonds. The van der Waals surface area contributed by atoms with Crippen molar-refractivity contribution < 1.29 is 57.1 Å². The Labute approximate surface area is 161 Å². The molecule has 0 aliphatic heterocycles. The standard InChI is InChI=1S/C12F10.C4H8F3P/c13-3-1(4(14)8(18)11(21)7(3)17)2-5(15)9(19)12(22)10(20)6(2)16;1-2-3-8-4(5,6)7/h;8H,2-3H2,1H3. The van der Waals surface area contributed by atoms with Gasteiger partial charge in [-0.25, -0.2) is 43.9 Å².